The number of ether oxygens (including phenoxy) is 2. The van der Waals surface area contributed by atoms with Crippen LogP contribution in [0.2, 0.25) is 0 Å². The van der Waals surface area contributed by atoms with Gasteiger partial charge in [0.25, 0.3) is 0 Å². The number of aryl methyl sites for hydroxylation is 1. The lowest BCUT2D eigenvalue weighted by Crippen LogP contribution is -2.05. The van der Waals surface area contributed by atoms with Crippen LogP contribution in [0.3, 0.4) is 0 Å². The van der Waals surface area contributed by atoms with Gasteiger partial charge in [0.15, 0.2) is 0 Å². The Morgan fingerprint density at radius 1 is 1.31 bits per heavy atom. The standard InChI is InChI=1S/C13H17NO2/c1-3-4-11-5-6-13(12(9-11)10-14)16-8-7-15-2/h5-6,9H,3-4,7-8H2,1-2H3. The van der Waals surface area contributed by atoms with Crippen molar-refractivity contribution in [2.45, 2.75) is 19.8 Å². The van der Waals surface area contributed by atoms with Crippen LogP contribution in [0.25, 0.3) is 0 Å². The van der Waals surface area contributed by atoms with E-state index in [1.807, 2.05) is 18.2 Å². The maximum Gasteiger partial charge on any atom is 0.137 e. The van der Waals surface area contributed by atoms with Gasteiger partial charge in [0.1, 0.15) is 18.4 Å². The lowest BCUT2D eigenvalue weighted by atomic mass is 10.1. The fourth-order valence-electron chi connectivity index (χ4n) is 1.47. The van der Waals surface area contributed by atoms with E-state index in [0.717, 1.165) is 12.8 Å². The average molecular weight is 219 g/mol. The van der Waals surface area contributed by atoms with Crippen molar-refractivity contribution in [2.24, 2.45) is 0 Å². The summed E-state index contributed by atoms with van der Waals surface area (Å²) in [5.41, 5.74) is 1.78. The molecule has 1 rings (SSSR count). The van der Waals surface area contributed by atoms with E-state index in [9.17, 15) is 0 Å². The molecule has 0 saturated heterocycles. The molecule has 3 nitrogen and oxygen atoms in total. The SMILES string of the molecule is CCCc1ccc(OCCOC)c(C#N)c1. The first-order valence-corrected chi connectivity index (χ1v) is 5.46. The summed E-state index contributed by atoms with van der Waals surface area (Å²) in [7, 11) is 1.62. The molecule has 0 radical (unpaired) electrons. The quantitative estimate of drug-likeness (QED) is 0.690. The van der Waals surface area contributed by atoms with Gasteiger partial charge in [-0.25, -0.2) is 0 Å². The van der Waals surface area contributed by atoms with Gasteiger partial charge in [-0.1, -0.05) is 19.4 Å². The number of rotatable bonds is 6. The molecule has 0 atom stereocenters. The van der Waals surface area contributed by atoms with Gasteiger partial charge in [-0.05, 0) is 24.1 Å². The molecule has 0 fully saturated rings. The molecule has 0 unspecified atom stereocenters. The second-order valence-corrected chi connectivity index (χ2v) is 3.53. The summed E-state index contributed by atoms with van der Waals surface area (Å²) in [6.45, 7) is 3.12. The highest BCUT2D eigenvalue weighted by atomic mass is 16.5. The maximum absolute atomic E-state index is 9.01. The van der Waals surface area contributed by atoms with E-state index < -0.39 is 0 Å². The highest BCUT2D eigenvalue weighted by Gasteiger charge is 2.04. The molecule has 0 N–H and O–H groups in total. The number of hydrogen-bond donors (Lipinski definition) is 0. The van der Waals surface area contributed by atoms with Crippen molar-refractivity contribution >= 4 is 0 Å². The fourth-order valence-corrected chi connectivity index (χ4v) is 1.47. The number of hydrogen-bond acceptors (Lipinski definition) is 3. The lowest BCUT2D eigenvalue weighted by molar-refractivity contribution is 0.146. The topological polar surface area (TPSA) is 42.2 Å². The van der Waals surface area contributed by atoms with Crippen LogP contribution in [-0.4, -0.2) is 20.3 Å². The predicted molar refractivity (Wildman–Crippen MR) is 62.5 cm³/mol. The molecular weight excluding hydrogens is 202 g/mol. The van der Waals surface area contributed by atoms with E-state index >= 15 is 0 Å². The molecule has 1 aromatic carbocycles. The van der Waals surface area contributed by atoms with Crippen LogP contribution in [0.4, 0.5) is 0 Å². The zero-order valence-corrected chi connectivity index (χ0v) is 9.82. The second kappa shape index (κ2) is 6.86. The highest BCUT2D eigenvalue weighted by Crippen LogP contribution is 2.20. The molecule has 0 aliphatic rings. The molecule has 0 aromatic heterocycles. The first kappa shape index (κ1) is 12.5. The Kier molecular flexibility index (Phi) is 5.38. The van der Waals surface area contributed by atoms with Crippen LogP contribution in [0, 0.1) is 11.3 Å². The van der Waals surface area contributed by atoms with Crippen molar-refractivity contribution in [3.05, 3.63) is 29.3 Å². The third kappa shape index (κ3) is 3.56. The third-order valence-corrected chi connectivity index (χ3v) is 2.25. The molecule has 16 heavy (non-hydrogen) atoms. The molecular formula is C13H17NO2. The second-order valence-electron chi connectivity index (χ2n) is 3.53. The zero-order chi connectivity index (χ0) is 11.8. The van der Waals surface area contributed by atoms with E-state index in [1.54, 1.807) is 7.11 Å². The van der Waals surface area contributed by atoms with Crippen LogP contribution in [0.1, 0.15) is 24.5 Å². The van der Waals surface area contributed by atoms with Gasteiger partial charge in [-0.15, -0.1) is 0 Å². The van der Waals surface area contributed by atoms with Gasteiger partial charge in [0.2, 0.25) is 0 Å². The summed E-state index contributed by atoms with van der Waals surface area (Å²) in [5.74, 6) is 0.638. The van der Waals surface area contributed by atoms with Crippen LogP contribution in [0.15, 0.2) is 18.2 Å². The van der Waals surface area contributed by atoms with Gasteiger partial charge >= 0.3 is 0 Å². The van der Waals surface area contributed by atoms with Crippen molar-refractivity contribution < 1.29 is 9.47 Å². The Bertz CT molecular complexity index is 369. The Labute approximate surface area is 96.6 Å². The number of nitrogens with zero attached hydrogens (tertiary/aromatic N) is 1. The van der Waals surface area contributed by atoms with Gasteiger partial charge in [-0.2, -0.15) is 5.26 Å². The van der Waals surface area contributed by atoms with Crippen LogP contribution >= 0.6 is 0 Å². The van der Waals surface area contributed by atoms with Crippen molar-refractivity contribution in [3.8, 4) is 11.8 Å². The summed E-state index contributed by atoms with van der Waals surface area (Å²) in [6.07, 6.45) is 2.07. The largest absolute Gasteiger partial charge is 0.490 e. The molecule has 0 aliphatic carbocycles. The first-order valence-electron chi connectivity index (χ1n) is 5.46. The van der Waals surface area contributed by atoms with E-state index in [-0.39, 0.29) is 0 Å². The summed E-state index contributed by atoms with van der Waals surface area (Å²) >= 11 is 0. The molecule has 0 spiro atoms. The molecule has 0 bridgehead atoms. The summed E-state index contributed by atoms with van der Waals surface area (Å²) in [5, 5.41) is 9.01. The normalized spacial score (nSPS) is 9.81. The van der Waals surface area contributed by atoms with Crippen molar-refractivity contribution in [2.75, 3.05) is 20.3 Å². The fraction of sp³-hybridized carbons (Fsp3) is 0.462. The monoisotopic (exact) mass is 219 g/mol. The minimum Gasteiger partial charge on any atom is -0.490 e. The first-order chi connectivity index (χ1) is 7.81. The van der Waals surface area contributed by atoms with E-state index in [4.69, 9.17) is 14.7 Å². The van der Waals surface area contributed by atoms with Gasteiger partial charge < -0.3 is 9.47 Å². The van der Waals surface area contributed by atoms with Crippen LogP contribution < -0.4 is 4.74 Å². The minimum atomic E-state index is 0.471. The average Bonchev–Trinajstić information content (AvgIpc) is 2.31. The highest BCUT2D eigenvalue weighted by molar-refractivity contribution is 5.45. The molecule has 0 aliphatic heterocycles. The van der Waals surface area contributed by atoms with E-state index in [1.165, 1.54) is 5.56 Å². The Hall–Kier alpha value is -1.53. The van der Waals surface area contributed by atoms with Gasteiger partial charge in [-0.3, -0.25) is 0 Å². The zero-order valence-electron chi connectivity index (χ0n) is 9.82. The number of benzene rings is 1. The molecule has 0 heterocycles. The predicted octanol–water partition coefficient (Wildman–Crippen LogP) is 2.54. The molecule has 0 saturated carbocycles. The third-order valence-electron chi connectivity index (χ3n) is 2.25. The number of nitriles is 1. The van der Waals surface area contributed by atoms with Crippen molar-refractivity contribution in [1.29, 1.82) is 5.26 Å². The minimum absolute atomic E-state index is 0.471. The molecule has 3 heteroatoms. The Morgan fingerprint density at radius 2 is 2.12 bits per heavy atom. The lowest BCUT2D eigenvalue weighted by Gasteiger charge is -2.08. The van der Waals surface area contributed by atoms with E-state index in [2.05, 4.69) is 13.0 Å². The molecule has 1 aromatic rings. The summed E-state index contributed by atoms with van der Waals surface area (Å²) in [6, 6.07) is 7.92. The summed E-state index contributed by atoms with van der Waals surface area (Å²) in [4.78, 5) is 0. The Balaban J connectivity index is 2.73. The van der Waals surface area contributed by atoms with Gasteiger partial charge in [0.05, 0.1) is 12.2 Å². The van der Waals surface area contributed by atoms with Crippen molar-refractivity contribution in [1.82, 2.24) is 0 Å². The van der Waals surface area contributed by atoms with E-state index in [0.29, 0.717) is 24.5 Å². The maximum atomic E-state index is 9.01. The molecule has 86 valence electrons. The summed E-state index contributed by atoms with van der Waals surface area (Å²) < 4.78 is 10.3. The molecule has 0 amide bonds. The van der Waals surface area contributed by atoms with Crippen molar-refractivity contribution in [3.63, 3.8) is 0 Å². The Morgan fingerprint density at radius 3 is 2.75 bits per heavy atom. The smallest absolute Gasteiger partial charge is 0.137 e. The van der Waals surface area contributed by atoms with Gasteiger partial charge in [0, 0.05) is 7.11 Å². The van der Waals surface area contributed by atoms with Crippen LogP contribution in [-0.2, 0) is 11.2 Å². The van der Waals surface area contributed by atoms with Crippen LogP contribution in [0.5, 0.6) is 5.75 Å². The number of methoxy groups -OCH3 is 1.